The lowest BCUT2D eigenvalue weighted by molar-refractivity contribution is 0.114. The molecule has 0 saturated carbocycles. The number of hydrazone groups is 1. The molecule has 6 heteroatoms. The summed E-state index contributed by atoms with van der Waals surface area (Å²) < 4.78 is 5.49. The number of hydrogen-bond acceptors (Lipinski definition) is 3. The molecular weight excluding hydrogens is 306 g/mol. The number of allylic oxidation sites excluding steroid dienone is 1. The third-order valence-corrected chi connectivity index (χ3v) is 3.41. The van der Waals surface area contributed by atoms with E-state index < -0.39 is 0 Å². The van der Waals surface area contributed by atoms with Gasteiger partial charge in [-0.1, -0.05) is 41.9 Å². The van der Waals surface area contributed by atoms with Crippen molar-refractivity contribution in [1.82, 2.24) is 10.7 Å². The summed E-state index contributed by atoms with van der Waals surface area (Å²) in [5, 5.41) is 8.05. The first-order valence-electron chi connectivity index (χ1n) is 6.85. The predicted octanol–water partition coefficient (Wildman–Crippen LogP) is 2.90. The molecule has 0 aliphatic carbocycles. The molecule has 1 atom stereocenters. The number of nitrogens with one attached hydrogen (secondary N) is 2. The van der Waals surface area contributed by atoms with Gasteiger partial charge in [-0.25, -0.2) is 0 Å². The van der Waals surface area contributed by atoms with Crippen molar-refractivity contribution in [2.75, 3.05) is 13.2 Å². The van der Waals surface area contributed by atoms with E-state index in [0.29, 0.717) is 16.7 Å². The average Bonchev–Trinajstić information content (AvgIpc) is 2.99. The summed E-state index contributed by atoms with van der Waals surface area (Å²) in [5.74, 6) is 0. The average molecular weight is 324 g/mol. The third-order valence-electron chi connectivity index (χ3n) is 2.97. The summed E-state index contributed by atoms with van der Waals surface area (Å²) in [6.07, 6.45) is 5.79. The van der Waals surface area contributed by atoms with E-state index in [-0.39, 0.29) is 6.10 Å². The lowest BCUT2D eigenvalue weighted by Crippen LogP contribution is -2.37. The van der Waals surface area contributed by atoms with Crippen LogP contribution in [-0.4, -0.2) is 30.6 Å². The van der Waals surface area contributed by atoms with E-state index >= 15 is 0 Å². The molecular formula is C15H18ClN3OS. The molecule has 1 aliphatic heterocycles. The molecule has 1 aromatic rings. The third kappa shape index (κ3) is 6.25. The van der Waals surface area contributed by atoms with Crippen LogP contribution in [0, 0.1) is 0 Å². The minimum Gasteiger partial charge on any atom is -0.376 e. The Bertz CT molecular complexity index is 513. The summed E-state index contributed by atoms with van der Waals surface area (Å²) in [7, 11) is 0. The molecule has 112 valence electrons. The second-order valence-corrected chi connectivity index (χ2v) is 5.50. The molecule has 0 radical (unpaired) electrons. The number of hydrogen-bond donors (Lipinski definition) is 2. The fourth-order valence-corrected chi connectivity index (χ4v) is 2.26. The van der Waals surface area contributed by atoms with Crippen LogP contribution in [-0.2, 0) is 4.74 Å². The van der Waals surface area contributed by atoms with Crippen LogP contribution < -0.4 is 10.7 Å². The molecule has 1 aromatic carbocycles. The number of thiocarbonyl (C=S) groups is 1. The van der Waals surface area contributed by atoms with Crippen LogP contribution in [0.5, 0.6) is 0 Å². The summed E-state index contributed by atoms with van der Waals surface area (Å²) in [6.45, 7) is 1.54. The molecule has 4 nitrogen and oxygen atoms in total. The van der Waals surface area contributed by atoms with Crippen molar-refractivity contribution in [2.24, 2.45) is 5.10 Å². The van der Waals surface area contributed by atoms with Crippen molar-refractivity contribution in [3.05, 3.63) is 40.9 Å². The maximum atomic E-state index is 6.07. The van der Waals surface area contributed by atoms with E-state index in [9.17, 15) is 0 Å². The first-order valence-corrected chi connectivity index (χ1v) is 7.63. The number of nitrogens with zero attached hydrogens (tertiary/aromatic N) is 1. The largest absolute Gasteiger partial charge is 0.376 e. The Morgan fingerprint density at radius 2 is 2.24 bits per heavy atom. The molecule has 1 saturated heterocycles. The highest BCUT2D eigenvalue weighted by molar-refractivity contribution is 7.80. The van der Waals surface area contributed by atoms with Crippen LogP contribution in [0.1, 0.15) is 18.4 Å². The Labute approximate surface area is 135 Å². The number of halogens is 1. The lowest BCUT2D eigenvalue weighted by Gasteiger charge is -2.11. The van der Waals surface area contributed by atoms with Crippen LogP contribution in [0.3, 0.4) is 0 Å². The lowest BCUT2D eigenvalue weighted by atomic mass is 10.2. The molecule has 0 spiro atoms. The SMILES string of the molecule is S=C(NC[C@H]1CCCO1)N/N=C\C(Cl)=C\c1ccccc1. The Balaban J connectivity index is 1.71. The summed E-state index contributed by atoms with van der Waals surface area (Å²) >= 11 is 11.2. The number of rotatable bonds is 5. The van der Waals surface area contributed by atoms with Gasteiger partial charge in [0.15, 0.2) is 5.11 Å². The first-order chi connectivity index (χ1) is 10.2. The Hall–Kier alpha value is -1.43. The van der Waals surface area contributed by atoms with E-state index in [1.807, 2.05) is 36.4 Å². The molecule has 0 unspecified atom stereocenters. The fourth-order valence-electron chi connectivity index (χ4n) is 1.95. The molecule has 2 N–H and O–H groups in total. The van der Waals surface area contributed by atoms with E-state index in [1.54, 1.807) is 0 Å². The summed E-state index contributed by atoms with van der Waals surface area (Å²) in [4.78, 5) is 0. The van der Waals surface area contributed by atoms with Gasteiger partial charge >= 0.3 is 0 Å². The monoisotopic (exact) mass is 323 g/mol. The van der Waals surface area contributed by atoms with Gasteiger partial charge in [0.25, 0.3) is 0 Å². The van der Waals surface area contributed by atoms with Crippen molar-refractivity contribution in [3.63, 3.8) is 0 Å². The maximum Gasteiger partial charge on any atom is 0.187 e. The molecule has 1 aliphatic rings. The van der Waals surface area contributed by atoms with Crippen molar-refractivity contribution < 1.29 is 4.74 Å². The van der Waals surface area contributed by atoms with Gasteiger partial charge in [-0.2, -0.15) is 5.10 Å². The van der Waals surface area contributed by atoms with Gasteiger partial charge in [-0.3, -0.25) is 5.43 Å². The topological polar surface area (TPSA) is 45.6 Å². The number of ether oxygens (including phenoxy) is 1. The van der Waals surface area contributed by atoms with Crippen LogP contribution in [0.4, 0.5) is 0 Å². The second kappa shape index (κ2) is 8.77. The summed E-state index contributed by atoms with van der Waals surface area (Å²) in [6, 6.07) is 9.80. The molecule has 1 heterocycles. The van der Waals surface area contributed by atoms with E-state index in [1.165, 1.54) is 6.21 Å². The zero-order valence-electron chi connectivity index (χ0n) is 11.6. The smallest absolute Gasteiger partial charge is 0.187 e. The molecule has 2 rings (SSSR count). The van der Waals surface area contributed by atoms with E-state index in [4.69, 9.17) is 28.6 Å². The zero-order valence-corrected chi connectivity index (χ0v) is 13.2. The predicted molar refractivity (Wildman–Crippen MR) is 91.5 cm³/mol. The second-order valence-electron chi connectivity index (χ2n) is 4.65. The highest BCUT2D eigenvalue weighted by Crippen LogP contribution is 2.10. The van der Waals surface area contributed by atoms with Gasteiger partial charge in [0, 0.05) is 13.2 Å². The molecule has 0 aromatic heterocycles. The van der Waals surface area contributed by atoms with Crippen LogP contribution >= 0.6 is 23.8 Å². The van der Waals surface area contributed by atoms with Crippen molar-refractivity contribution >= 4 is 41.2 Å². The van der Waals surface area contributed by atoms with Gasteiger partial charge in [0.05, 0.1) is 17.4 Å². The molecule has 21 heavy (non-hydrogen) atoms. The van der Waals surface area contributed by atoms with Gasteiger partial charge in [-0.15, -0.1) is 0 Å². The minimum absolute atomic E-state index is 0.246. The zero-order chi connectivity index (χ0) is 14.9. The molecule has 0 bridgehead atoms. The van der Waals surface area contributed by atoms with Gasteiger partial charge in [0.1, 0.15) is 0 Å². The quantitative estimate of drug-likeness (QED) is 0.497. The van der Waals surface area contributed by atoms with E-state index in [2.05, 4.69) is 15.8 Å². The highest BCUT2D eigenvalue weighted by Gasteiger charge is 2.14. The fraction of sp³-hybridized carbons (Fsp3) is 0.333. The highest BCUT2D eigenvalue weighted by atomic mass is 35.5. The van der Waals surface area contributed by atoms with E-state index in [0.717, 1.165) is 25.0 Å². The first kappa shape index (κ1) is 15.9. The molecule has 1 fully saturated rings. The van der Waals surface area contributed by atoms with Crippen LogP contribution in [0.15, 0.2) is 40.5 Å². The van der Waals surface area contributed by atoms with Crippen molar-refractivity contribution in [1.29, 1.82) is 0 Å². The summed E-state index contributed by atoms with van der Waals surface area (Å²) in [5.41, 5.74) is 3.75. The number of benzene rings is 1. The van der Waals surface area contributed by atoms with Crippen molar-refractivity contribution in [2.45, 2.75) is 18.9 Å². The Kier molecular flexibility index (Phi) is 6.66. The normalized spacial score (nSPS) is 18.9. The van der Waals surface area contributed by atoms with Crippen LogP contribution in [0.25, 0.3) is 6.08 Å². The van der Waals surface area contributed by atoms with Gasteiger partial charge in [0.2, 0.25) is 0 Å². The Morgan fingerprint density at radius 1 is 1.43 bits per heavy atom. The van der Waals surface area contributed by atoms with Crippen molar-refractivity contribution in [3.8, 4) is 0 Å². The van der Waals surface area contributed by atoms with Gasteiger partial charge in [-0.05, 0) is 36.7 Å². The standard InChI is InChI=1S/C15H18ClN3OS/c16-13(9-12-5-2-1-3-6-12)10-18-19-15(21)17-11-14-7-4-8-20-14/h1-3,5-6,9-10,14H,4,7-8,11H2,(H2,17,19,21)/b13-9-,18-10-/t14-/m1/s1. The van der Waals surface area contributed by atoms with Gasteiger partial charge < -0.3 is 10.1 Å². The maximum absolute atomic E-state index is 6.07. The van der Waals surface area contributed by atoms with Crippen LogP contribution in [0.2, 0.25) is 0 Å². The minimum atomic E-state index is 0.246. The Morgan fingerprint density at radius 3 is 2.95 bits per heavy atom. The molecule has 0 amide bonds.